The van der Waals surface area contributed by atoms with Crippen LogP contribution in [-0.4, -0.2) is 29.7 Å². The van der Waals surface area contributed by atoms with Gasteiger partial charge in [0.1, 0.15) is 0 Å². The van der Waals surface area contributed by atoms with Crippen molar-refractivity contribution in [3.63, 3.8) is 0 Å². The van der Waals surface area contributed by atoms with Gasteiger partial charge >= 0.3 is 0 Å². The van der Waals surface area contributed by atoms with Crippen molar-refractivity contribution in [3.05, 3.63) is 0 Å². The number of carbonyl (C=O) groups is 1. The van der Waals surface area contributed by atoms with Gasteiger partial charge in [-0.05, 0) is 17.8 Å². The van der Waals surface area contributed by atoms with Crippen LogP contribution in [0.4, 0.5) is 0 Å². The molecule has 0 bridgehead atoms. The molecule has 0 aromatic rings. The molecular weight excluding hydrogens is 216 g/mol. The van der Waals surface area contributed by atoms with Gasteiger partial charge in [0.05, 0.1) is 12.1 Å². The predicted octanol–water partition coefficient (Wildman–Crippen LogP) is 1.27. The van der Waals surface area contributed by atoms with Gasteiger partial charge in [0.2, 0.25) is 5.91 Å². The minimum absolute atomic E-state index is 0.0585. The van der Waals surface area contributed by atoms with Crippen molar-refractivity contribution in [1.82, 2.24) is 5.32 Å². The Kier molecular flexibility index (Phi) is 6.72. The smallest absolute Gasteiger partial charge is 0.237 e. The highest BCUT2D eigenvalue weighted by atomic mass is 16.3. The number of nitrogens with two attached hydrogens (primary N) is 1. The monoisotopic (exact) mass is 244 g/mol. The van der Waals surface area contributed by atoms with Crippen LogP contribution < -0.4 is 11.1 Å². The van der Waals surface area contributed by atoms with Crippen molar-refractivity contribution in [2.75, 3.05) is 6.54 Å². The molecule has 0 aliphatic heterocycles. The first-order valence-electron chi connectivity index (χ1n) is 6.38. The maximum absolute atomic E-state index is 11.7. The molecular formula is C13H28N2O2. The Morgan fingerprint density at radius 2 is 1.94 bits per heavy atom. The summed E-state index contributed by atoms with van der Waals surface area (Å²) in [5.41, 5.74) is 5.85. The fourth-order valence-electron chi connectivity index (χ4n) is 1.63. The highest BCUT2D eigenvalue weighted by Gasteiger charge is 2.21. The number of rotatable bonds is 6. The van der Waals surface area contributed by atoms with E-state index < -0.39 is 12.1 Å². The fraction of sp³-hybridized carbons (Fsp3) is 0.923. The molecule has 0 heterocycles. The van der Waals surface area contributed by atoms with Crippen molar-refractivity contribution < 1.29 is 9.90 Å². The topological polar surface area (TPSA) is 75.4 Å². The van der Waals surface area contributed by atoms with Crippen LogP contribution >= 0.6 is 0 Å². The lowest BCUT2D eigenvalue weighted by Crippen LogP contribution is -2.47. The van der Waals surface area contributed by atoms with E-state index in [0.717, 1.165) is 6.42 Å². The second-order valence-corrected chi connectivity index (χ2v) is 6.08. The molecule has 0 spiro atoms. The Labute approximate surface area is 105 Å². The van der Waals surface area contributed by atoms with E-state index in [1.165, 1.54) is 0 Å². The molecule has 4 nitrogen and oxygen atoms in total. The lowest BCUT2D eigenvalue weighted by atomic mass is 9.89. The molecule has 4 heteroatoms. The number of nitrogens with one attached hydrogen (secondary N) is 1. The summed E-state index contributed by atoms with van der Waals surface area (Å²) in [4.78, 5) is 11.7. The summed E-state index contributed by atoms with van der Waals surface area (Å²) in [6, 6.07) is -0.484. The normalized spacial score (nSPS) is 17.4. The highest BCUT2D eigenvalue weighted by molar-refractivity contribution is 5.81. The number of aliphatic hydroxyl groups is 1. The molecule has 0 aromatic carbocycles. The van der Waals surface area contributed by atoms with Gasteiger partial charge in [-0.3, -0.25) is 4.79 Å². The summed E-state index contributed by atoms with van der Waals surface area (Å²) in [7, 11) is 0. The molecule has 0 radical (unpaired) electrons. The molecule has 102 valence electrons. The van der Waals surface area contributed by atoms with Gasteiger partial charge < -0.3 is 16.2 Å². The van der Waals surface area contributed by atoms with E-state index in [2.05, 4.69) is 26.1 Å². The molecule has 0 aliphatic carbocycles. The molecule has 1 amide bonds. The third-order valence-corrected chi connectivity index (χ3v) is 2.92. The second-order valence-electron chi connectivity index (χ2n) is 6.08. The number of hydrogen-bond donors (Lipinski definition) is 3. The number of hydrogen-bond acceptors (Lipinski definition) is 3. The second kappa shape index (κ2) is 6.97. The van der Waals surface area contributed by atoms with Gasteiger partial charge in [-0.15, -0.1) is 0 Å². The maximum Gasteiger partial charge on any atom is 0.237 e. The van der Waals surface area contributed by atoms with Crippen LogP contribution in [0.3, 0.4) is 0 Å². The first-order chi connectivity index (χ1) is 7.67. The van der Waals surface area contributed by atoms with Gasteiger partial charge in [-0.1, -0.05) is 41.0 Å². The molecule has 4 N–H and O–H groups in total. The largest absolute Gasteiger partial charge is 0.391 e. The van der Waals surface area contributed by atoms with Gasteiger partial charge in [0, 0.05) is 6.54 Å². The van der Waals surface area contributed by atoms with Gasteiger partial charge in [0.25, 0.3) is 0 Å². The first kappa shape index (κ1) is 16.4. The summed E-state index contributed by atoms with van der Waals surface area (Å²) in [5, 5.41) is 12.5. The van der Waals surface area contributed by atoms with Gasteiger partial charge in [-0.2, -0.15) is 0 Å². The zero-order chi connectivity index (χ0) is 13.6. The lowest BCUT2D eigenvalue weighted by molar-refractivity contribution is -0.124. The van der Waals surface area contributed by atoms with Crippen LogP contribution in [0.25, 0.3) is 0 Å². The Morgan fingerprint density at radius 1 is 1.41 bits per heavy atom. The minimum Gasteiger partial charge on any atom is -0.391 e. The quantitative estimate of drug-likeness (QED) is 0.658. The van der Waals surface area contributed by atoms with Gasteiger partial charge in [-0.25, -0.2) is 0 Å². The average molecular weight is 244 g/mol. The van der Waals surface area contributed by atoms with Crippen LogP contribution in [0.1, 0.15) is 47.5 Å². The summed E-state index contributed by atoms with van der Waals surface area (Å²) >= 11 is 0. The molecule has 0 saturated carbocycles. The molecule has 2 unspecified atom stereocenters. The third kappa shape index (κ3) is 7.34. The molecule has 0 fully saturated rings. The Balaban J connectivity index is 3.99. The summed E-state index contributed by atoms with van der Waals surface area (Å²) < 4.78 is 0. The van der Waals surface area contributed by atoms with Crippen LogP contribution in [0.2, 0.25) is 0 Å². The minimum atomic E-state index is -0.511. The average Bonchev–Trinajstić information content (AvgIpc) is 2.21. The summed E-state index contributed by atoms with van der Waals surface area (Å²) in [6.45, 7) is 10.4. The molecule has 0 aliphatic rings. The molecule has 0 aromatic heterocycles. The van der Waals surface area contributed by atoms with Crippen LogP contribution in [0.15, 0.2) is 0 Å². The van der Waals surface area contributed by atoms with Crippen LogP contribution in [0.5, 0.6) is 0 Å². The fourth-order valence-corrected chi connectivity index (χ4v) is 1.63. The van der Waals surface area contributed by atoms with Crippen molar-refractivity contribution in [2.24, 2.45) is 17.1 Å². The standard InChI is InChI=1S/C13H28N2O2/c1-6-9(2)11(14)12(17)15-8-10(16)7-13(3,4)5/h9-11,16H,6-8,14H2,1-5H3,(H,15,17)/t9?,10?,11-/m0/s1. The highest BCUT2D eigenvalue weighted by Crippen LogP contribution is 2.20. The Hall–Kier alpha value is -0.610. The zero-order valence-electron chi connectivity index (χ0n) is 11.8. The predicted molar refractivity (Wildman–Crippen MR) is 70.5 cm³/mol. The summed E-state index contributed by atoms with van der Waals surface area (Å²) in [5.74, 6) is -0.0120. The first-order valence-corrected chi connectivity index (χ1v) is 6.38. The zero-order valence-corrected chi connectivity index (χ0v) is 11.8. The molecule has 3 atom stereocenters. The van der Waals surface area contributed by atoms with E-state index in [4.69, 9.17) is 5.73 Å². The number of aliphatic hydroxyl groups excluding tert-OH is 1. The maximum atomic E-state index is 11.7. The number of carbonyl (C=O) groups excluding carboxylic acids is 1. The van der Waals surface area contributed by atoms with Gasteiger partial charge in [0.15, 0.2) is 0 Å². The SMILES string of the molecule is CCC(C)[C@H](N)C(=O)NCC(O)CC(C)(C)C. The van der Waals surface area contributed by atoms with Crippen LogP contribution in [0, 0.1) is 11.3 Å². The van der Waals surface area contributed by atoms with E-state index in [0.29, 0.717) is 6.42 Å². The van der Waals surface area contributed by atoms with E-state index in [-0.39, 0.29) is 23.8 Å². The Morgan fingerprint density at radius 3 is 2.35 bits per heavy atom. The van der Waals surface area contributed by atoms with Crippen molar-refractivity contribution in [3.8, 4) is 0 Å². The molecule has 0 saturated heterocycles. The number of amides is 1. The van der Waals surface area contributed by atoms with E-state index >= 15 is 0 Å². The lowest BCUT2D eigenvalue weighted by Gasteiger charge is -2.23. The molecule has 0 rings (SSSR count). The van der Waals surface area contributed by atoms with E-state index in [1.807, 2.05) is 13.8 Å². The summed E-state index contributed by atoms with van der Waals surface area (Å²) in [6.07, 6.45) is 1.02. The van der Waals surface area contributed by atoms with Crippen molar-refractivity contribution in [2.45, 2.75) is 59.6 Å². The third-order valence-electron chi connectivity index (χ3n) is 2.92. The van der Waals surface area contributed by atoms with Crippen LogP contribution in [-0.2, 0) is 4.79 Å². The Bertz CT molecular complexity index is 236. The van der Waals surface area contributed by atoms with Crippen molar-refractivity contribution in [1.29, 1.82) is 0 Å². The van der Waals surface area contributed by atoms with E-state index in [1.54, 1.807) is 0 Å². The molecule has 17 heavy (non-hydrogen) atoms. The van der Waals surface area contributed by atoms with Crippen molar-refractivity contribution >= 4 is 5.91 Å². The van der Waals surface area contributed by atoms with E-state index in [9.17, 15) is 9.90 Å².